The molecule has 2 aromatic rings. The van der Waals surface area contributed by atoms with E-state index in [0.29, 0.717) is 12.1 Å². The van der Waals surface area contributed by atoms with Crippen molar-refractivity contribution in [1.82, 2.24) is 9.88 Å². The molecule has 2 unspecified atom stereocenters. The monoisotopic (exact) mass is 357 g/mol. The van der Waals surface area contributed by atoms with Crippen LogP contribution in [0.2, 0.25) is 0 Å². The smallest absolute Gasteiger partial charge is 0.183 e. The number of likely N-dealkylation sites (tertiary alicyclic amines) is 1. The van der Waals surface area contributed by atoms with E-state index >= 15 is 0 Å². The highest BCUT2D eigenvalue weighted by Gasteiger charge is 2.31. The molecule has 0 amide bonds. The summed E-state index contributed by atoms with van der Waals surface area (Å²) >= 11 is 1.69. The lowest BCUT2D eigenvalue weighted by Crippen LogP contribution is -2.50. The van der Waals surface area contributed by atoms with Gasteiger partial charge >= 0.3 is 0 Å². The van der Waals surface area contributed by atoms with E-state index in [4.69, 9.17) is 4.98 Å². The van der Waals surface area contributed by atoms with Gasteiger partial charge in [-0.05, 0) is 25.7 Å². The molecule has 1 saturated carbocycles. The number of nitrogens with one attached hydrogen (secondary N) is 1. The van der Waals surface area contributed by atoms with Crippen molar-refractivity contribution < 1.29 is 5.11 Å². The summed E-state index contributed by atoms with van der Waals surface area (Å²) in [6, 6.07) is 11.2. The molecule has 1 aromatic carbocycles. The van der Waals surface area contributed by atoms with E-state index in [1.807, 2.05) is 6.07 Å². The zero-order chi connectivity index (χ0) is 17.1. The largest absolute Gasteiger partial charge is 0.391 e. The van der Waals surface area contributed by atoms with Gasteiger partial charge in [-0.3, -0.25) is 4.90 Å². The lowest BCUT2D eigenvalue weighted by atomic mass is 9.89. The van der Waals surface area contributed by atoms with E-state index in [0.717, 1.165) is 49.6 Å². The number of thiazole rings is 1. The Hall–Kier alpha value is -1.43. The maximum absolute atomic E-state index is 10.3. The molecule has 4 nitrogen and oxygen atoms in total. The number of rotatable bonds is 4. The SMILES string of the molecule is OC1CCCCC1N1CCC(Nc2nc(-c3ccccc3)cs2)CC1. The molecule has 2 aliphatic rings. The summed E-state index contributed by atoms with van der Waals surface area (Å²) in [4.78, 5) is 7.26. The van der Waals surface area contributed by atoms with E-state index in [1.165, 1.54) is 18.4 Å². The summed E-state index contributed by atoms with van der Waals surface area (Å²) in [7, 11) is 0. The van der Waals surface area contributed by atoms with Gasteiger partial charge in [-0.25, -0.2) is 4.98 Å². The first-order valence-corrected chi connectivity index (χ1v) is 10.4. The van der Waals surface area contributed by atoms with Gasteiger partial charge in [0.2, 0.25) is 0 Å². The van der Waals surface area contributed by atoms with E-state index in [-0.39, 0.29) is 6.10 Å². The second-order valence-electron chi connectivity index (χ2n) is 7.28. The van der Waals surface area contributed by atoms with E-state index in [2.05, 4.69) is 39.9 Å². The molecule has 0 bridgehead atoms. The predicted octanol–water partition coefficient (Wildman–Crippen LogP) is 3.99. The minimum atomic E-state index is -0.120. The van der Waals surface area contributed by atoms with Crippen LogP contribution in [0.4, 0.5) is 5.13 Å². The van der Waals surface area contributed by atoms with Gasteiger partial charge in [-0.15, -0.1) is 11.3 Å². The van der Waals surface area contributed by atoms with E-state index in [1.54, 1.807) is 11.3 Å². The van der Waals surface area contributed by atoms with Crippen molar-refractivity contribution in [3.8, 4) is 11.3 Å². The van der Waals surface area contributed by atoms with E-state index < -0.39 is 0 Å². The predicted molar refractivity (Wildman–Crippen MR) is 104 cm³/mol. The van der Waals surface area contributed by atoms with Crippen LogP contribution in [-0.2, 0) is 0 Å². The number of anilines is 1. The second kappa shape index (κ2) is 7.85. The lowest BCUT2D eigenvalue weighted by molar-refractivity contribution is 0.00994. The van der Waals surface area contributed by atoms with Crippen LogP contribution in [0.25, 0.3) is 11.3 Å². The van der Waals surface area contributed by atoms with Crippen molar-refractivity contribution in [2.45, 2.75) is 56.7 Å². The van der Waals surface area contributed by atoms with Gasteiger partial charge in [0.15, 0.2) is 5.13 Å². The number of aliphatic hydroxyl groups excluding tert-OH is 1. The maximum atomic E-state index is 10.3. The minimum absolute atomic E-state index is 0.120. The molecule has 1 aromatic heterocycles. The highest BCUT2D eigenvalue weighted by atomic mass is 32.1. The zero-order valence-corrected chi connectivity index (χ0v) is 15.4. The van der Waals surface area contributed by atoms with Gasteiger partial charge in [0.25, 0.3) is 0 Å². The summed E-state index contributed by atoms with van der Waals surface area (Å²) in [6.07, 6.45) is 6.72. The molecule has 0 radical (unpaired) electrons. The zero-order valence-electron chi connectivity index (χ0n) is 14.6. The van der Waals surface area contributed by atoms with Crippen molar-refractivity contribution in [3.05, 3.63) is 35.7 Å². The summed E-state index contributed by atoms with van der Waals surface area (Å²) in [5, 5.41) is 17.0. The molecule has 2 heterocycles. The Labute approximate surface area is 153 Å². The van der Waals surface area contributed by atoms with Gasteiger partial charge < -0.3 is 10.4 Å². The number of benzene rings is 1. The third kappa shape index (κ3) is 4.05. The Morgan fingerprint density at radius 1 is 1.04 bits per heavy atom. The van der Waals surface area contributed by atoms with Crippen molar-refractivity contribution in [3.63, 3.8) is 0 Å². The number of piperidine rings is 1. The van der Waals surface area contributed by atoms with Crippen LogP contribution in [0.3, 0.4) is 0 Å². The number of hydrogen-bond acceptors (Lipinski definition) is 5. The van der Waals surface area contributed by atoms with Crippen molar-refractivity contribution >= 4 is 16.5 Å². The van der Waals surface area contributed by atoms with Crippen LogP contribution in [0.1, 0.15) is 38.5 Å². The van der Waals surface area contributed by atoms with Gasteiger partial charge in [0.05, 0.1) is 11.8 Å². The highest BCUT2D eigenvalue weighted by molar-refractivity contribution is 7.14. The third-order valence-electron chi connectivity index (χ3n) is 5.59. The third-order valence-corrected chi connectivity index (χ3v) is 6.37. The first-order valence-electron chi connectivity index (χ1n) is 9.49. The fourth-order valence-corrected chi connectivity index (χ4v) is 4.95. The Balaban J connectivity index is 1.31. The topological polar surface area (TPSA) is 48.4 Å². The summed E-state index contributed by atoms with van der Waals surface area (Å²) in [5.41, 5.74) is 2.23. The average Bonchev–Trinajstić information content (AvgIpc) is 3.12. The summed E-state index contributed by atoms with van der Waals surface area (Å²) < 4.78 is 0. The van der Waals surface area contributed by atoms with Crippen molar-refractivity contribution in [2.75, 3.05) is 18.4 Å². The van der Waals surface area contributed by atoms with E-state index in [9.17, 15) is 5.11 Å². The molecule has 25 heavy (non-hydrogen) atoms. The van der Waals surface area contributed by atoms with Gasteiger partial charge in [0, 0.05) is 36.1 Å². The number of aromatic nitrogens is 1. The van der Waals surface area contributed by atoms with Crippen LogP contribution in [0.5, 0.6) is 0 Å². The normalized spacial score (nSPS) is 25.8. The molecule has 5 heteroatoms. The van der Waals surface area contributed by atoms with Gasteiger partial charge in [-0.2, -0.15) is 0 Å². The molecule has 1 saturated heterocycles. The average molecular weight is 358 g/mol. The van der Waals surface area contributed by atoms with Gasteiger partial charge in [0.1, 0.15) is 0 Å². The number of hydrogen-bond donors (Lipinski definition) is 2. The molecule has 2 N–H and O–H groups in total. The molecule has 134 valence electrons. The molecule has 0 spiro atoms. The lowest BCUT2D eigenvalue weighted by Gasteiger charge is -2.41. The van der Waals surface area contributed by atoms with Gasteiger partial charge in [-0.1, -0.05) is 43.2 Å². The van der Waals surface area contributed by atoms with Crippen molar-refractivity contribution in [2.24, 2.45) is 0 Å². The standard InChI is InChI=1S/C20H27N3OS/c24-19-9-5-4-8-18(19)23-12-10-16(11-13-23)21-20-22-17(14-25-20)15-6-2-1-3-7-15/h1-3,6-7,14,16,18-19,24H,4-5,8-13H2,(H,21,22). The molecule has 1 aliphatic carbocycles. The van der Waals surface area contributed by atoms with Crippen LogP contribution in [-0.4, -0.2) is 46.3 Å². The molecule has 2 fully saturated rings. The molecule has 4 rings (SSSR count). The molecule has 2 atom stereocenters. The number of aliphatic hydroxyl groups is 1. The maximum Gasteiger partial charge on any atom is 0.183 e. The first kappa shape index (κ1) is 17.0. The summed E-state index contributed by atoms with van der Waals surface area (Å²) in [6.45, 7) is 2.16. The Morgan fingerprint density at radius 2 is 1.80 bits per heavy atom. The quantitative estimate of drug-likeness (QED) is 0.869. The second-order valence-corrected chi connectivity index (χ2v) is 8.14. The fraction of sp³-hybridized carbons (Fsp3) is 0.550. The Kier molecular flexibility index (Phi) is 5.34. The fourth-order valence-electron chi connectivity index (χ4n) is 4.15. The minimum Gasteiger partial charge on any atom is -0.391 e. The number of nitrogens with zero attached hydrogens (tertiary/aromatic N) is 2. The molecule has 1 aliphatic heterocycles. The van der Waals surface area contributed by atoms with Crippen molar-refractivity contribution in [1.29, 1.82) is 0 Å². The van der Waals surface area contributed by atoms with Crippen LogP contribution in [0, 0.1) is 0 Å². The van der Waals surface area contributed by atoms with Crippen LogP contribution in [0.15, 0.2) is 35.7 Å². The Morgan fingerprint density at radius 3 is 2.56 bits per heavy atom. The first-order chi connectivity index (χ1) is 12.3. The molecular weight excluding hydrogens is 330 g/mol. The van der Waals surface area contributed by atoms with Crippen LogP contribution < -0.4 is 5.32 Å². The summed E-state index contributed by atoms with van der Waals surface area (Å²) in [5.74, 6) is 0. The molecular formula is C20H27N3OS. The highest BCUT2D eigenvalue weighted by Crippen LogP contribution is 2.29. The Bertz CT molecular complexity index is 667. The van der Waals surface area contributed by atoms with Crippen LogP contribution >= 0.6 is 11.3 Å².